The van der Waals surface area contributed by atoms with Crippen LogP contribution in [0.15, 0.2) is 22.8 Å². The molecule has 0 unspecified atom stereocenters. The van der Waals surface area contributed by atoms with Gasteiger partial charge in [0.1, 0.15) is 0 Å². The molecule has 2 rings (SSSR count). The summed E-state index contributed by atoms with van der Waals surface area (Å²) in [6, 6.07) is 0. The van der Waals surface area contributed by atoms with E-state index in [0.29, 0.717) is 11.1 Å². The monoisotopic (exact) mass is 238 g/mol. The van der Waals surface area contributed by atoms with Gasteiger partial charge in [-0.05, 0) is 26.8 Å². The summed E-state index contributed by atoms with van der Waals surface area (Å²) in [5, 5.41) is 0. The van der Waals surface area contributed by atoms with E-state index in [1.807, 2.05) is 26.8 Å². The highest BCUT2D eigenvalue weighted by Crippen LogP contribution is 2.32. The second-order valence-corrected chi connectivity index (χ2v) is 3.48. The summed E-state index contributed by atoms with van der Waals surface area (Å²) in [4.78, 5) is 24.3. The van der Waals surface area contributed by atoms with E-state index in [9.17, 15) is 9.59 Å². The van der Waals surface area contributed by atoms with Crippen molar-refractivity contribution in [1.82, 2.24) is 4.90 Å². The van der Waals surface area contributed by atoms with Gasteiger partial charge < -0.3 is 5.73 Å². The molecule has 2 aliphatic rings. The predicted octanol–water partition coefficient (Wildman–Crippen LogP) is 1.62. The summed E-state index contributed by atoms with van der Waals surface area (Å²) in [5.74, 6) is -0.299. The Kier molecular flexibility index (Phi) is 6.43. The predicted molar refractivity (Wildman–Crippen MR) is 69.3 cm³/mol. The molecule has 4 nitrogen and oxygen atoms in total. The molecule has 1 aliphatic heterocycles. The van der Waals surface area contributed by atoms with Crippen LogP contribution in [0.5, 0.6) is 0 Å². The quantitative estimate of drug-likeness (QED) is 0.652. The normalized spacial score (nSPS) is 17.8. The highest BCUT2D eigenvalue weighted by molar-refractivity contribution is 6.24. The van der Waals surface area contributed by atoms with Crippen LogP contribution in [-0.2, 0) is 9.59 Å². The third-order valence-corrected chi connectivity index (χ3v) is 2.62. The largest absolute Gasteiger partial charge is 0.333 e. The van der Waals surface area contributed by atoms with E-state index < -0.39 is 0 Å². The van der Waals surface area contributed by atoms with E-state index in [1.165, 1.54) is 19.0 Å². The van der Waals surface area contributed by atoms with E-state index in [0.717, 1.165) is 18.4 Å². The van der Waals surface area contributed by atoms with E-state index in [4.69, 9.17) is 0 Å². The molecule has 1 aliphatic carbocycles. The van der Waals surface area contributed by atoms with Gasteiger partial charge in [-0.25, -0.2) is 0 Å². The Balaban J connectivity index is 0.000000581. The molecular weight excluding hydrogens is 216 g/mol. The van der Waals surface area contributed by atoms with Crippen molar-refractivity contribution < 1.29 is 9.59 Å². The van der Waals surface area contributed by atoms with Crippen molar-refractivity contribution in [3.8, 4) is 0 Å². The number of rotatable bonds is 0. The Morgan fingerprint density at radius 1 is 1.18 bits per heavy atom. The van der Waals surface area contributed by atoms with Gasteiger partial charge in [-0.15, -0.1) is 0 Å². The van der Waals surface area contributed by atoms with E-state index in [2.05, 4.69) is 5.73 Å². The van der Waals surface area contributed by atoms with Crippen LogP contribution in [0.3, 0.4) is 0 Å². The van der Waals surface area contributed by atoms with Crippen LogP contribution in [0.2, 0.25) is 0 Å². The SMILES string of the molecule is CC.CC1=C2C(=O)N(C)C(=O)C2=CCC1.CN. The first-order chi connectivity index (χ1) is 8.13. The first kappa shape index (κ1) is 15.6. The molecular formula is C13H22N2O2. The number of allylic oxidation sites excluding steroid dienone is 2. The minimum absolute atomic E-state index is 0.145. The molecule has 96 valence electrons. The van der Waals surface area contributed by atoms with E-state index >= 15 is 0 Å². The standard InChI is InChI=1S/C10H11NO2.C2H6.CH5N/c1-6-4-3-5-7-8(6)10(13)11(2)9(7)12;2*1-2/h5H,3-4H2,1-2H3;1-2H3;2H2,1H3. The van der Waals surface area contributed by atoms with Crippen LogP contribution in [0.25, 0.3) is 0 Å². The van der Waals surface area contributed by atoms with Gasteiger partial charge in [-0.2, -0.15) is 0 Å². The Labute approximate surface area is 103 Å². The van der Waals surface area contributed by atoms with Gasteiger partial charge in [-0.1, -0.05) is 25.5 Å². The molecule has 0 aromatic carbocycles. The Morgan fingerprint density at radius 3 is 2.18 bits per heavy atom. The molecule has 17 heavy (non-hydrogen) atoms. The molecule has 0 radical (unpaired) electrons. The number of amides is 2. The fourth-order valence-corrected chi connectivity index (χ4v) is 1.82. The number of hydrogen-bond donors (Lipinski definition) is 1. The van der Waals surface area contributed by atoms with Gasteiger partial charge in [0.15, 0.2) is 0 Å². The second kappa shape index (κ2) is 7.01. The van der Waals surface area contributed by atoms with Crippen LogP contribution in [0.1, 0.15) is 33.6 Å². The average molecular weight is 238 g/mol. The number of carbonyl (C=O) groups is 2. The molecule has 0 aromatic heterocycles. The summed E-state index contributed by atoms with van der Waals surface area (Å²) >= 11 is 0. The van der Waals surface area contributed by atoms with Gasteiger partial charge in [0, 0.05) is 12.6 Å². The van der Waals surface area contributed by atoms with Crippen molar-refractivity contribution in [3.63, 3.8) is 0 Å². The zero-order chi connectivity index (χ0) is 13.6. The summed E-state index contributed by atoms with van der Waals surface area (Å²) in [6.07, 6.45) is 3.63. The molecule has 1 fully saturated rings. The molecule has 0 aromatic rings. The molecule has 2 amide bonds. The maximum atomic E-state index is 11.6. The maximum absolute atomic E-state index is 11.6. The number of nitrogens with zero attached hydrogens (tertiary/aromatic N) is 1. The van der Waals surface area contributed by atoms with Crippen molar-refractivity contribution in [3.05, 3.63) is 22.8 Å². The fourth-order valence-electron chi connectivity index (χ4n) is 1.82. The van der Waals surface area contributed by atoms with E-state index in [1.54, 1.807) is 0 Å². The van der Waals surface area contributed by atoms with Crippen LogP contribution in [0, 0.1) is 0 Å². The molecule has 4 heteroatoms. The first-order valence-electron chi connectivity index (χ1n) is 5.93. The molecule has 2 N–H and O–H groups in total. The number of likely N-dealkylation sites (tertiary alicyclic amines) is 1. The van der Waals surface area contributed by atoms with E-state index in [-0.39, 0.29) is 11.8 Å². The topological polar surface area (TPSA) is 63.4 Å². The molecule has 0 spiro atoms. The third-order valence-electron chi connectivity index (χ3n) is 2.62. The number of hydrogen-bond acceptors (Lipinski definition) is 3. The zero-order valence-corrected chi connectivity index (χ0v) is 11.3. The van der Waals surface area contributed by atoms with Crippen LogP contribution < -0.4 is 5.73 Å². The van der Waals surface area contributed by atoms with Crippen molar-refractivity contribution in [2.45, 2.75) is 33.6 Å². The van der Waals surface area contributed by atoms with Crippen LogP contribution >= 0.6 is 0 Å². The van der Waals surface area contributed by atoms with Gasteiger partial charge >= 0.3 is 0 Å². The number of fused-ring (bicyclic) bond motifs is 1. The summed E-state index contributed by atoms with van der Waals surface area (Å²) in [6.45, 7) is 5.92. The number of carbonyl (C=O) groups excluding carboxylic acids is 2. The second-order valence-electron chi connectivity index (χ2n) is 3.48. The lowest BCUT2D eigenvalue weighted by Crippen LogP contribution is -2.24. The molecule has 1 saturated heterocycles. The van der Waals surface area contributed by atoms with Crippen molar-refractivity contribution in [2.75, 3.05) is 14.1 Å². The van der Waals surface area contributed by atoms with Gasteiger partial charge in [-0.3, -0.25) is 14.5 Å². The van der Waals surface area contributed by atoms with Crippen LogP contribution in [0.4, 0.5) is 0 Å². The summed E-state index contributed by atoms with van der Waals surface area (Å²) in [5.41, 5.74) is 6.79. The average Bonchev–Trinajstić information content (AvgIpc) is 2.61. The minimum atomic E-state index is -0.154. The van der Waals surface area contributed by atoms with Gasteiger partial charge in [0.25, 0.3) is 11.8 Å². The van der Waals surface area contributed by atoms with Crippen molar-refractivity contribution >= 4 is 11.8 Å². The fraction of sp³-hybridized carbons (Fsp3) is 0.538. The van der Waals surface area contributed by atoms with Crippen LogP contribution in [-0.4, -0.2) is 30.8 Å². The number of imide groups is 1. The lowest BCUT2D eigenvalue weighted by Gasteiger charge is -2.08. The molecule has 0 saturated carbocycles. The molecule has 0 bridgehead atoms. The Morgan fingerprint density at radius 2 is 1.71 bits per heavy atom. The van der Waals surface area contributed by atoms with Crippen molar-refractivity contribution in [2.24, 2.45) is 5.73 Å². The maximum Gasteiger partial charge on any atom is 0.261 e. The zero-order valence-electron chi connectivity index (χ0n) is 11.3. The smallest absolute Gasteiger partial charge is 0.261 e. The number of nitrogens with two attached hydrogens (primary N) is 1. The minimum Gasteiger partial charge on any atom is -0.333 e. The lowest BCUT2D eigenvalue weighted by atomic mass is 9.93. The third kappa shape index (κ3) is 2.82. The van der Waals surface area contributed by atoms with Gasteiger partial charge in [0.2, 0.25) is 0 Å². The summed E-state index contributed by atoms with van der Waals surface area (Å²) < 4.78 is 0. The molecule has 0 atom stereocenters. The Bertz CT molecular complexity index is 368. The highest BCUT2D eigenvalue weighted by Gasteiger charge is 2.38. The molecule has 1 heterocycles. The lowest BCUT2D eigenvalue weighted by molar-refractivity contribution is -0.134. The first-order valence-corrected chi connectivity index (χ1v) is 5.93. The number of likely N-dealkylation sites (N-methyl/N-ethyl adjacent to an activating group) is 1. The Hall–Kier alpha value is -1.42. The highest BCUT2D eigenvalue weighted by atomic mass is 16.2. The van der Waals surface area contributed by atoms with Crippen molar-refractivity contribution in [1.29, 1.82) is 0 Å². The summed E-state index contributed by atoms with van der Waals surface area (Å²) in [7, 11) is 3.03. The van der Waals surface area contributed by atoms with Gasteiger partial charge in [0.05, 0.1) is 5.57 Å².